The van der Waals surface area contributed by atoms with E-state index in [2.05, 4.69) is 15.3 Å². The van der Waals surface area contributed by atoms with Crippen LogP contribution in [-0.2, 0) is 16.1 Å². The van der Waals surface area contributed by atoms with Crippen molar-refractivity contribution < 1.29 is 19.1 Å². The van der Waals surface area contributed by atoms with E-state index in [1.165, 1.54) is 12.4 Å². The minimum Gasteiger partial charge on any atom is -0.424 e. The Labute approximate surface area is 151 Å². The molecule has 3 amide bonds. The number of hydrogen-bond acceptors (Lipinski definition) is 6. The van der Waals surface area contributed by atoms with Gasteiger partial charge >= 0.3 is 12.0 Å². The maximum absolute atomic E-state index is 12.2. The van der Waals surface area contributed by atoms with Gasteiger partial charge in [0.2, 0.25) is 0 Å². The summed E-state index contributed by atoms with van der Waals surface area (Å²) in [6, 6.07) is 6.58. The maximum atomic E-state index is 12.2. The average Bonchev–Trinajstić information content (AvgIpc) is 2.95. The van der Waals surface area contributed by atoms with Crippen LogP contribution in [0.1, 0.15) is 25.8 Å². The van der Waals surface area contributed by atoms with E-state index in [-0.39, 0.29) is 11.9 Å². The molecule has 1 fully saturated rings. The molecule has 1 saturated heterocycles. The lowest BCUT2D eigenvalue weighted by Crippen LogP contribution is -2.31. The number of aromatic nitrogens is 2. The van der Waals surface area contributed by atoms with Gasteiger partial charge in [-0.05, 0) is 31.0 Å². The standard InChI is InChI=1S/C18H20N4O4/c1-3-15-16(23)22(18(24)21-15)13-9-19-17(20-10-13)26-14-7-5-6-12(8-14)11-25-4-2/h5-10,15H,3-4,11H2,1-2H3,(H,21,24)/t15-/m1/s1. The van der Waals surface area contributed by atoms with E-state index in [1.807, 2.05) is 32.0 Å². The summed E-state index contributed by atoms with van der Waals surface area (Å²) < 4.78 is 11.0. The van der Waals surface area contributed by atoms with E-state index in [1.54, 1.807) is 6.07 Å². The molecule has 136 valence electrons. The number of amides is 3. The highest BCUT2D eigenvalue weighted by molar-refractivity contribution is 6.21. The number of anilines is 1. The quantitative estimate of drug-likeness (QED) is 0.767. The predicted octanol–water partition coefficient (Wildman–Crippen LogP) is 2.64. The summed E-state index contributed by atoms with van der Waals surface area (Å²) in [6.07, 6.45) is 3.31. The van der Waals surface area contributed by atoms with Crippen LogP contribution < -0.4 is 15.0 Å². The minimum atomic E-state index is -0.508. The molecule has 1 aromatic carbocycles. The highest BCUT2D eigenvalue weighted by Gasteiger charge is 2.38. The van der Waals surface area contributed by atoms with Crippen LogP contribution in [0.5, 0.6) is 11.8 Å². The van der Waals surface area contributed by atoms with Crippen molar-refractivity contribution in [3.8, 4) is 11.8 Å². The predicted molar refractivity (Wildman–Crippen MR) is 94.0 cm³/mol. The normalized spacial score (nSPS) is 16.7. The van der Waals surface area contributed by atoms with E-state index in [4.69, 9.17) is 9.47 Å². The van der Waals surface area contributed by atoms with Crippen molar-refractivity contribution in [2.24, 2.45) is 0 Å². The number of nitrogens with zero attached hydrogens (tertiary/aromatic N) is 3. The van der Waals surface area contributed by atoms with E-state index >= 15 is 0 Å². The van der Waals surface area contributed by atoms with E-state index in [9.17, 15) is 9.59 Å². The molecule has 1 aromatic heterocycles. The fraction of sp³-hybridized carbons (Fsp3) is 0.333. The average molecular weight is 356 g/mol. The second kappa shape index (κ2) is 7.92. The lowest BCUT2D eigenvalue weighted by Gasteiger charge is -2.12. The second-order valence-electron chi connectivity index (χ2n) is 5.69. The molecule has 2 aromatic rings. The number of nitrogens with one attached hydrogen (secondary N) is 1. The van der Waals surface area contributed by atoms with Crippen molar-refractivity contribution in [1.29, 1.82) is 0 Å². The molecule has 8 heteroatoms. The number of urea groups is 1. The van der Waals surface area contributed by atoms with Gasteiger partial charge in [-0.3, -0.25) is 4.79 Å². The summed E-state index contributed by atoms with van der Waals surface area (Å²) in [7, 11) is 0. The molecule has 8 nitrogen and oxygen atoms in total. The number of rotatable bonds is 7. The third-order valence-electron chi connectivity index (χ3n) is 3.88. The summed E-state index contributed by atoms with van der Waals surface area (Å²) in [5, 5.41) is 2.62. The van der Waals surface area contributed by atoms with Gasteiger partial charge in [-0.25, -0.2) is 19.7 Å². The summed E-state index contributed by atoms with van der Waals surface area (Å²) >= 11 is 0. The van der Waals surface area contributed by atoms with Crippen molar-refractivity contribution in [2.45, 2.75) is 32.9 Å². The Morgan fingerprint density at radius 1 is 1.19 bits per heavy atom. The molecule has 0 aliphatic carbocycles. The van der Waals surface area contributed by atoms with Gasteiger partial charge in [0.1, 0.15) is 11.8 Å². The third kappa shape index (κ3) is 3.80. The van der Waals surface area contributed by atoms with Gasteiger partial charge in [0.15, 0.2) is 0 Å². The summed E-state index contributed by atoms with van der Waals surface area (Å²) in [4.78, 5) is 33.4. The van der Waals surface area contributed by atoms with Crippen LogP contribution in [-0.4, -0.2) is 34.6 Å². The molecule has 0 spiro atoms. The first-order chi connectivity index (χ1) is 12.6. The molecule has 0 radical (unpaired) electrons. The zero-order valence-corrected chi connectivity index (χ0v) is 14.6. The van der Waals surface area contributed by atoms with Gasteiger partial charge in [0, 0.05) is 6.61 Å². The van der Waals surface area contributed by atoms with Crippen molar-refractivity contribution in [3.63, 3.8) is 0 Å². The van der Waals surface area contributed by atoms with Gasteiger partial charge < -0.3 is 14.8 Å². The monoisotopic (exact) mass is 356 g/mol. The van der Waals surface area contributed by atoms with Crippen LogP contribution in [0.4, 0.5) is 10.5 Å². The Kier molecular flexibility index (Phi) is 5.43. The fourth-order valence-electron chi connectivity index (χ4n) is 2.55. The summed E-state index contributed by atoms with van der Waals surface area (Å²) in [6.45, 7) is 4.90. The summed E-state index contributed by atoms with van der Waals surface area (Å²) in [5.41, 5.74) is 1.28. The smallest absolute Gasteiger partial charge is 0.329 e. The van der Waals surface area contributed by atoms with Crippen LogP contribution >= 0.6 is 0 Å². The van der Waals surface area contributed by atoms with Crippen LogP contribution in [0, 0.1) is 0 Å². The molecule has 3 rings (SSSR count). The molecule has 0 bridgehead atoms. The molecular formula is C18H20N4O4. The number of carbonyl (C=O) groups excluding carboxylic acids is 2. The van der Waals surface area contributed by atoms with E-state index < -0.39 is 12.1 Å². The SMILES string of the molecule is CCOCc1cccc(Oc2ncc(N3C(=O)N[C@H](CC)C3=O)cn2)c1. The van der Waals surface area contributed by atoms with Gasteiger partial charge in [0.25, 0.3) is 5.91 Å². The molecular weight excluding hydrogens is 336 g/mol. The van der Waals surface area contributed by atoms with Crippen molar-refractivity contribution in [2.75, 3.05) is 11.5 Å². The minimum absolute atomic E-state index is 0.126. The lowest BCUT2D eigenvalue weighted by atomic mass is 10.2. The molecule has 0 unspecified atom stereocenters. The maximum Gasteiger partial charge on any atom is 0.329 e. The number of carbonyl (C=O) groups is 2. The van der Waals surface area contributed by atoms with Crippen molar-refractivity contribution in [1.82, 2.24) is 15.3 Å². The number of benzene rings is 1. The van der Waals surface area contributed by atoms with Gasteiger partial charge in [-0.2, -0.15) is 0 Å². The molecule has 0 saturated carbocycles. The Morgan fingerprint density at radius 2 is 1.96 bits per heavy atom. The lowest BCUT2D eigenvalue weighted by molar-refractivity contribution is -0.118. The Bertz CT molecular complexity index is 794. The Morgan fingerprint density at radius 3 is 2.62 bits per heavy atom. The van der Waals surface area contributed by atoms with Crippen LogP contribution in [0.15, 0.2) is 36.7 Å². The molecule has 2 heterocycles. The number of ether oxygens (including phenoxy) is 2. The van der Waals surface area contributed by atoms with E-state index in [0.717, 1.165) is 10.5 Å². The molecule has 1 aliphatic rings. The van der Waals surface area contributed by atoms with Crippen molar-refractivity contribution >= 4 is 17.6 Å². The zero-order valence-electron chi connectivity index (χ0n) is 14.6. The molecule has 1 N–H and O–H groups in total. The fourth-order valence-corrected chi connectivity index (χ4v) is 2.55. The highest BCUT2D eigenvalue weighted by atomic mass is 16.5. The van der Waals surface area contributed by atoms with Gasteiger partial charge in [-0.1, -0.05) is 19.1 Å². The summed E-state index contributed by atoms with van der Waals surface area (Å²) in [5.74, 6) is 0.273. The first kappa shape index (κ1) is 17.8. The van der Waals surface area contributed by atoms with Gasteiger partial charge in [0.05, 0.1) is 24.7 Å². The number of hydrogen-bond donors (Lipinski definition) is 1. The third-order valence-corrected chi connectivity index (χ3v) is 3.88. The largest absolute Gasteiger partial charge is 0.424 e. The van der Waals surface area contributed by atoms with E-state index in [0.29, 0.717) is 31.1 Å². The first-order valence-electron chi connectivity index (χ1n) is 8.43. The first-order valence-corrected chi connectivity index (χ1v) is 8.43. The van der Waals surface area contributed by atoms with Crippen LogP contribution in [0.25, 0.3) is 0 Å². The van der Waals surface area contributed by atoms with Crippen molar-refractivity contribution in [3.05, 3.63) is 42.2 Å². The zero-order chi connectivity index (χ0) is 18.5. The van der Waals surface area contributed by atoms with Crippen LogP contribution in [0.2, 0.25) is 0 Å². The van der Waals surface area contributed by atoms with Gasteiger partial charge in [-0.15, -0.1) is 0 Å². The topological polar surface area (TPSA) is 93.7 Å². The highest BCUT2D eigenvalue weighted by Crippen LogP contribution is 2.23. The number of imide groups is 1. The molecule has 1 atom stereocenters. The second-order valence-corrected chi connectivity index (χ2v) is 5.69. The Hall–Kier alpha value is -3.00. The van der Waals surface area contributed by atoms with Crippen LogP contribution in [0.3, 0.4) is 0 Å². The molecule has 1 aliphatic heterocycles. The Balaban J connectivity index is 1.70. The molecule has 26 heavy (non-hydrogen) atoms.